The zero-order chi connectivity index (χ0) is 21.6. The van der Waals surface area contributed by atoms with Gasteiger partial charge in [-0.15, -0.1) is 11.3 Å². The van der Waals surface area contributed by atoms with E-state index in [1.165, 1.54) is 4.88 Å². The minimum Gasteiger partial charge on any atom is -0.354 e. The van der Waals surface area contributed by atoms with Crippen LogP contribution in [-0.2, 0) is 17.8 Å². The van der Waals surface area contributed by atoms with E-state index >= 15 is 0 Å². The predicted octanol–water partition coefficient (Wildman–Crippen LogP) is 2.97. The van der Waals surface area contributed by atoms with Crippen molar-refractivity contribution < 1.29 is 9.32 Å². The maximum atomic E-state index is 12.5. The number of nitrogens with zero attached hydrogens (tertiary/aromatic N) is 4. The highest BCUT2D eigenvalue weighted by Crippen LogP contribution is 2.20. The lowest BCUT2D eigenvalue weighted by atomic mass is 10.1. The molecule has 1 aliphatic heterocycles. The molecule has 0 saturated carbocycles. The summed E-state index contributed by atoms with van der Waals surface area (Å²) in [6, 6.07) is 12.1. The van der Waals surface area contributed by atoms with E-state index in [4.69, 9.17) is 4.52 Å². The first-order valence-electron chi connectivity index (χ1n) is 10.8. The molecule has 1 saturated heterocycles. The van der Waals surface area contributed by atoms with Crippen LogP contribution in [0.15, 0.2) is 46.3 Å². The molecule has 1 amide bonds. The van der Waals surface area contributed by atoms with Gasteiger partial charge in [-0.1, -0.05) is 35.5 Å². The minimum absolute atomic E-state index is 0.102. The normalized spacial score (nSPS) is 16.3. The minimum atomic E-state index is -0.124. The Labute approximate surface area is 187 Å². The molecule has 3 heterocycles. The number of hydrogen-bond donors (Lipinski definition) is 1. The summed E-state index contributed by atoms with van der Waals surface area (Å²) in [7, 11) is 0. The highest BCUT2D eigenvalue weighted by Gasteiger charge is 2.26. The average molecular weight is 440 g/mol. The molecule has 8 heteroatoms. The van der Waals surface area contributed by atoms with Gasteiger partial charge in [0.1, 0.15) is 0 Å². The van der Waals surface area contributed by atoms with Gasteiger partial charge < -0.3 is 9.84 Å². The van der Waals surface area contributed by atoms with Gasteiger partial charge in [-0.25, -0.2) is 0 Å². The van der Waals surface area contributed by atoms with Crippen molar-refractivity contribution in [2.45, 2.75) is 32.9 Å². The van der Waals surface area contributed by atoms with Gasteiger partial charge in [-0.2, -0.15) is 4.98 Å². The number of carbonyl (C=O) groups is 1. The highest BCUT2D eigenvalue weighted by atomic mass is 32.1. The van der Waals surface area contributed by atoms with Crippen LogP contribution in [0.2, 0.25) is 0 Å². The van der Waals surface area contributed by atoms with Gasteiger partial charge in [-0.3, -0.25) is 14.6 Å². The molecular formula is C23H29N5O2S. The van der Waals surface area contributed by atoms with E-state index in [9.17, 15) is 4.79 Å². The van der Waals surface area contributed by atoms with E-state index < -0.39 is 0 Å². The Bertz CT molecular complexity index is 980. The second kappa shape index (κ2) is 10.2. The fourth-order valence-corrected chi connectivity index (χ4v) is 4.54. The molecule has 1 N–H and O–H groups in total. The van der Waals surface area contributed by atoms with Gasteiger partial charge in [0.2, 0.25) is 17.6 Å². The Morgan fingerprint density at radius 1 is 1.19 bits per heavy atom. The third-order valence-corrected chi connectivity index (χ3v) is 6.73. The second-order valence-corrected chi connectivity index (χ2v) is 8.97. The zero-order valence-corrected chi connectivity index (χ0v) is 18.9. The van der Waals surface area contributed by atoms with E-state index in [0.717, 1.165) is 43.7 Å². The van der Waals surface area contributed by atoms with Crippen LogP contribution in [0.3, 0.4) is 0 Å². The van der Waals surface area contributed by atoms with Gasteiger partial charge in [0.25, 0.3) is 0 Å². The van der Waals surface area contributed by atoms with Crippen LogP contribution in [0.1, 0.15) is 23.3 Å². The summed E-state index contributed by atoms with van der Waals surface area (Å²) in [5, 5.41) is 9.29. The molecule has 3 aromatic rings. The van der Waals surface area contributed by atoms with E-state index in [1.54, 1.807) is 11.3 Å². The number of benzene rings is 1. The second-order valence-electron chi connectivity index (χ2n) is 7.94. The number of aromatic nitrogens is 2. The molecular weight excluding hydrogens is 410 g/mol. The van der Waals surface area contributed by atoms with Crippen LogP contribution < -0.4 is 5.32 Å². The molecule has 31 heavy (non-hydrogen) atoms. The maximum Gasteiger partial charge on any atom is 0.241 e. The third-order valence-electron chi connectivity index (χ3n) is 5.80. The van der Waals surface area contributed by atoms with Crippen LogP contribution in [-0.4, -0.2) is 64.6 Å². The van der Waals surface area contributed by atoms with Crippen molar-refractivity contribution in [3.05, 3.63) is 58.1 Å². The molecule has 1 unspecified atom stereocenters. The van der Waals surface area contributed by atoms with Crippen molar-refractivity contribution in [1.29, 1.82) is 0 Å². The summed E-state index contributed by atoms with van der Waals surface area (Å²) in [5.41, 5.74) is 2.13. The first-order valence-corrected chi connectivity index (χ1v) is 11.6. The summed E-state index contributed by atoms with van der Waals surface area (Å²) in [6.07, 6.45) is 0.887. The predicted molar refractivity (Wildman–Crippen MR) is 122 cm³/mol. The summed E-state index contributed by atoms with van der Waals surface area (Å²) in [4.78, 5) is 22.9. The summed E-state index contributed by atoms with van der Waals surface area (Å²) < 4.78 is 5.48. The van der Waals surface area contributed by atoms with Crippen molar-refractivity contribution >= 4 is 17.2 Å². The molecule has 1 atom stereocenters. The van der Waals surface area contributed by atoms with Gasteiger partial charge in [0.15, 0.2) is 0 Å². The summed E-state index contributed by atoms with van der Waals surface area (Å²) >= 11 is 1.73. The Balaban J connectivity index is 1.22. The number of nitrogens with one attached hydrogen (secondary N) is 1. The molecule has 0 spiro atoms. The monoisotopic (exact) mass is 439 g/mol. The lowest BCUT2D eigenvalue weighted by Crippen LogP contribution is -2.53. The molecule has 0 bridgehead atoms. The number of rotatable bonds is 8. The van der Waals surface area contributed by atoms with Crippen LogP contribution in [0.4, 0.5) is 0 Å². The number of carbonyl (C=O) groups excluding carboxylic acids is 1. The van der Waals surface area contributed by atoms with Crippen LogP contribution in [0.5, 0.6) is 0 Å². The zero-order valence-electron chi connectivity index (χ0n) is 18.1. The largest absolute Gasteiger partial charge is 0.354 e. The Kier molecular flexibility index (Phi) is 7.11. The van der Waals surface area contributed by atoms with Crippen LogP contribution in [0.25, 0.3) is 11.4 Å². The Morgan fingerprint density at radius 2 is 2.00 bits per heavy atom. The van der Waals surface area contributed by atoms with E-state index in [-0.39, 0.29) is 11.9 Å². The van der Waals surface area contributed by atoms with Gasteiger partial charge in [-0.05, 0) is 37.3 Å². The lowest BCUT2D eigenvalue weighted by molar-refractivity contribution is -0.126. The fourth-order valence-electron chi connectivity index (χ4n) is 3.83. The molecule has 1 aliphatic rings. The number of hydrogen-bond acceptors (Lipinski definition) is 7. The molecule has 0 aliphatic carbocycles. The quantitative estimate of drug-likeness (QED) is 0.582. The molecule has 0 radical (unpaired) electrons. The van der Waals surface area contributed by atoms with Crippen LogP contribution >= 0.6 is 11.3 Å². The van der Waals surface area contributed by atoms with Crippen LogP contribution in [0, 0.1) is 6.92 Å². The van der Waals surface area contributed by atoms with Crippen molar-refractivity contribution in [1.82, 2.24) is 25.3 Å². The molecule has 2 aromatic heterocycles. The summed E-state index contributed by atoms with van der Waals surface area (Å²) in [6.45, 7) is 8.78. The lowest BCUT2D eigenvalue weighted by Gasteiger charge is -2.36. The van der Waals surface area contributed by atoms with Crippen molar-refractivity contribution in [3.8, 4) is 11.4 Å². The molecule has 164 valence electrons. The smallest absolute Gasteiger partial charge is 0.241 e. The third kappa shape index (κ3) is 5.58. The topological polar surface area (TPSA) is 74.5 Å². The van der Waals surface area contributed by atoms with Crippen molar-refractivity contribution in [3.63, 3.8) is 0 Å². The highest BCUT2D eigenvalue weighted by molar-refractivity contribution is 7.09. The number of amides is 1. The van der Waals surface area contributed by atoms with E-state index in [1.807, 2.05) is 44.2 Å². The first-order chi connectivity index (χ1) is 15.1. The molecule has 1 aromatic carbocycles. The Morgan fingerprint density at radius 3 is 2.74 bits per heavy atom. The van der Waals surface area contributed by atoms with Gasteiger partial charge in [0, 0.05) is 43.2 Å². The first kappa shape index (κ1) is 21.7. The van der Waals surface area contributed by atoms with Crippen molar-refractivity contribution in [2.24, 2.45) is 0 Å². The van der Waals surface area contributed by atoms with E-state index in [2.05, 4.69) is 36.7 Å². The summed E-state index contributed by atoms with van der Waals surface area (Å²) in [5.74, 6) is 1.37. The maximum absolute atomic E-state index is 12.5. The van der Waals surface area contributed by atoms with Gasteiger partial charge in [0.05, 0.1) is 12.6 Å². The number of thiophene rings is 1. The number of piperazine rings is 1. The van der Waals surface area contributed by atoms with E-state index in [0.29, 0.717) is 24.8 Å². The number of aryl methyl sites for hydroxylation is 1. The molecule has 4 rings (SSSR count). The SMILES string of the molecule is Cc1ccccc1-c1noc(CN2CCN(C(C)C(=O)NCCc3cccs3)CC2)n1. The fraction of sp³-hybridized carbons (Fsp3) is 0.435. The Hall–Kier alpha value is -2.55. The molecule has 7 nitrogen and oxygen atoms in total. The standard InChI is InChI=1S/C23H29N5O2S/c1-17-6-3-4-8-20(17)22-25-21(30-26-22)16-27-11-13-28(14-12-27)18(2)23(29)24-10-9-19-7-5-15-31-19/h3-8,15,18H,9-14,16H2,1-2H3,(H,24,29). The average Bonchev–Trinajstić information content (AvgIpc) is 3.46. The van der Waals surface area contributed by atoms with Crippen molar-refractivity contribution in [2.75, 3.05) is 32.7 Å². The molecule has 1 fully saturated rings. The van der Waals surface area contributed by atoms with Gasteiger partial charge >= 0.3 is 0 Å².